The molecule has 0 fully saturated rings. The molecule has 0 aliphatic rings. The van der Waals surface area contributed by atoms with E-state index >= 15 is 0 Å². The van der Waals surface area contributed by atoms with Gasteiger partial charge in [0.05, 0.1) is 50.8 Å². The number of benzene rings is 3. The van der Waals surface area contributed by atoms with Crippen molar-refractivity contribution in [2.24, 2.45) is 71.0 Å². The molecular weight excluding hydrogens is 1280 g/mol. The summed E-state index contributed by atoms with van der Waals surface area (Å²) >= 11 is 3.02. The number of carbonyl (C=O) groups is 2. The summed E-state index contributed by atoms with van der Waals surface area (Å²) in [6, 6.07) is 15.2. The Bertz CT molecular complexity index is 2530. The summed E-state index contributed by atoms with van der Waals surface area (Å²) < 4.78 is 40.0. The van der Waals surface area contributed by atoms with Crippen LogP contribution in [0, 0.1) is 93.7 Å². The minimum Gasteiger partial charge on any atom is -0.490 e. The van der Waals surface area contributed by atoms with Gasteiger partial charge in [-0.15, -0.1) is 23.5 Å². The fourth-order valence-electron chi connectivity index (χ4n) is 12.3. The van der Waals surface area contributed by atoms with Crippen LogP contribution >= 0.6 is 23.5 Å². The smallest absolute Gasteiger partial charge is 0.251 e. The third-order valence-electron chi connectivity index (χ3n) is 19.2. The van der Waals surface area contributed by atoms with Crippen LogP contribution in [0.15, 0.2) is 46.2 Å². The average molecular weight is 1420 g/mol. The van der Waals surface area contributed by atoms with Crippen LogP contribution in [0.2, 0.25) is 0 Å². The van der Waals surface area contributed by atoms with Crippen LogP contribution in [-0.4, -0.2) is 76.1 Å². The number of carbonyl (C=O) groups excluding carboxylic acids is 2. The van der Waals surface area contributed by atoms with Gasteiger partial charge in [0.1, 0.15) is 12.1 Å². The van der Waals surface area contributed by atoms with Crippen molar-refractivity contribution < 1.29 is 38.0 Å². The molecule has 0 bridgehead atoms. The molecule has 566 valence electrons. The molecule has 14 heteroatoms. The van der Waals surface area contributed by atoms with Crippen molar-refractivity contribution in [1.29, 1.82) is 10.5 Å². The molecule has 0 saturated carbocycles. The van der Waals surface area contributed by atoms with Crippen LogP contribution in [0.25, 0.3) is 0 Å². The molecule has 3 aromatic rings. The number of amides is 2. The fraction of sp³-hybridized carbons (Fsp3) is 0.744. The molecule has 100 heavy (non-hydrogen) atoms. The van der Waals surface area contributed by atoms with E-state index in [4.69, 9.17) is 28.4 Å². The van der Waals surface area contributed by atoms with Crippen molar-refractivity contribution in [3.8, 4) is 46.6 Å². The monoisotopic (exact) mass is 1420 g/mol. The molecule has 0 heterocycles. The summed E-state index contributed by atoms with van der Waals surface area (Å²) in [5.41, 5.74) is 1.43. The SMILES string of the molecule is CC(C)CCC[C@H](C)CCOc1cc(C(=O)NCCSc2cc(C#N)c(C#N)cc2SCCNC(=O)c2cc(OCC[C@@H](C)CCCC(C)C)c(OCC[C@@H](C)CCCC(C)C)c(OCC[C@@H](C)CCCC(C)C)c2)cc(OCC[C@@H](C)CCCC(C)C)c1OCC[C@@H](C)CCCC(C)C. The lowest BCUT2D eigenvalue weighted by Gasteiger charge is -2.21. The number of nitriles is 2. The fourth-order valence-corrected chi connectivity index (χ4v) is 14.3. The first-order chi connectivity index (χ1) is 47.8. The van der Waals surface area contributed by atoms with Gasteiger partial charge in [-0.1, -0.05) is 240 Å². The standard InChI is InChI=1S/C86H142N4O8S2/c1-61(2)25-19-31-67(13)37-45-93-77-53-73(54-78(94-46-38-68(14)32-20-26-62(3)4)83(77)97-49-41-71(17)35-23-29-65(9)10)85(91)89-43-51-99-81-57-75(59-87)76(60-88)58-82(81)100-52-44-90-86(92)74-55-79(95-47-39-69(15)33-21-27-63(5)6)84(98-50-42-72(18)36-24-30-66(11)12)80(56-74)96-48-40-70(16)34-22-28-64(7)8/h53-58,61-72H,19-52H2,1-18H3,(H,89,91)(H,90,92)/t67-,68-,69-,70-,71-,72-/m0/s1. The van der Waals surface area contributed by atoms with Gasteiger partial charge >= 0.3 is 0 Å². The average Bonchev–Trinajstić information content (AvgIpc) is 0.840. The van der Waals surface area contributed by atoms with Crippen molar-refractivity contribution in [1.82, 2.24) is 10.6 Å². The number of hydrogen-bond donors (Lipinski definition) is 2. The van der Waals surface area contributed by atoms with Gasteiger partial charge < -0.3 is 39.1 Å². The molecule has 0 unspecified atom stereocenters. The van der Waals surface area contributed by atoms with E-state index in [2.05, 4.69) is 147 Å². The lowest BCUT2D eigenvalue weighted by atomic mass is 9.97. The van der Waals surface area contributed by atoms with Gasteiger partial charge in [0, 0.05) is 45.5 Å². The largest absolute Gasteiger partial charge is 0.490 e. The van der Waals surface area contributed by atoms with Crippen LogP contribution in [0.1, 0.15) is 311 Å². The van der Waals surface area contributed by atoms with Crippen LogP contribution in [-0.2, 0) is 0 Å². The third-order valence-corrected chi connectivity index (χ3v) is 21.5. The zero-order valence-electron chi connectivity index (χ0n) is 66.4. The first-order valence-corrected chi connectivity index (χ1v) is 41.7. The van der Waals surface area contributed by atoms with Gasteiger partial charge in [0.2, 0.25) is 11.5 Å². The second-order valence-electron chi connectivity index (χ2n) is 32.3. The normalized spacial score (nSPS) is 13.5. The lowest BCUT2D eigenvalue weighted by molar-refractivity contribution is 0.0946. The quantitative estimate of drug-likeness (QED) is 0.0407. The van der Waals surface area contributed by atoms with Crippen molar-refractivity contribution in [2.45, 2.75) is 289 Å². The number of nitrogens with zero attached hydrogens (tertiary/aromatic N) is 2. The van der Waals surface area contributed by atoms with Crippen LogP contribution in [0.5, 0.6) is 34.5 Å². The molecule has 2 N–H and O–H groups in total. The second kappa shape index (κ2) is 52.1. The lowest BCUT2D eigenvalue weighted by Crippen LogP contribution is -2.26. The highest BCUT2D eigenvalue weighted by Crippen LogP contribution is 2.42. The molecule has 0 radical (unpaired) electrons. The Morgan fingerprint density at radius 2 is 0.550 bits per heavy atom. The highest BCUT2D eigenvalue weighted by atomic mass is 32.2. The van der Waals surface area contributed by atoms with E-state index in [0.717, 1.165) is 86.8 Å². The molecule has 0 spiro atoms. The summed E-state index contributed by atoms with van der Waals surface area (Å²) in [4.78, 5) is 30.4. The predicted octanol–water partition coefficient (Wildman–Crippen LogP) is 23.9. The summed E-state index contributed by atoms with van der Waals surface area (Å²) in [5.74, 6) is 10.7. The van der Waals surface area contributed by atoms with Crippen molar-refractivity contribution in [2.75, 3.05) is 64.2 Å². The molecule has 3 aromatic carbocycles. The number of hydrogen-bond acceptors (Lipinski definition) is 12. The second-order valence-corrected chi connectivity index (χ2v) is 34.6. The topological polar surface area (TPSA) is 161 Å². The Morgan fingerprint density at radius 1 is 0.330 bits per heavy atom. The minimum atomic E-state index is -0.256. The van der Waals surface area contributed by atoms with Gasteiger partial charge in [0.15, 0.2) is 23.0 Å². The Kier molecular flexibility index (Phi) is 46.5. The van der Waals surface area contributed by atoms with E-state index < -0.39 is 0 Å². The van der Waals surface area contributed by atoms with Crippen LogP contribution in [0.3, 0.4) is 0 Å². The van der Waals surface area contributed by atoms with Gasteiger partial charge in [-0.2, -0.15) is 10.5 Å². The number of ether oxygens (including phenoxy) is 6. The summed E-state index contributed by atoms with van der Waals surface area (Å²) in [7, 11) is 0. The summed E-state index contributed by atoms with van der Waals surface area (Å²) in [6.45, 7) is 44.8. The minimum absolute atomic E-state index is 0.256. The maximum Gasteiger partial charge on any atom is 0.251 e. The van der Waals surface area contributed by atoms with Crippen LogP contribution in [0.4, 0.5) is 0 Å². The molecule has 0 aliphatic heterocycles. The van der Waals surface area contributed by atoms with E-state index in [1.54, 1.807) is 12.1 Å². The highest BCUT2D eigenvalue weighted by molar-refractivity contribution is 8.02. The molecule has 12 nitrogen and oxygen atoms in total. The highest BCUT2D eigenvalue weighted by Gasteiger charge is 2.24. The van der Waals surface area contributed by atoms with Gasteiger partial charge in [-0.3, -0.25) is 9.59 Å². The van der Waals surface area contributed by atoms with E-state index in [-0.39, 0.29) is 22.9 Å². The third kappa shape index (κ3) is 39.7. The first kappa shape index (κ1) is 89.3. The number of thioether (sulfide) groups is 2. The molecule has 0 aliphatic carbocycles. The zero-order valence-corrected chi connectivity index (χ0v) is 68.0. The Labute approximate surface area is 619 Å². The Hall–Kier alpha value is -4.92. The van der Waals surface area contributed by atoms with E-state index in [9.17, 15) is 20.1 Å². The van der Waals surface area contributed by atoms with E-state index in [1.807, 2.05) is 24.3 Å². The molecule has 0 aromatic heterocycles. The van der Waals surface area contributed by atoms with E-state index in [0.29, 0.717) is 181 Å². The predicted molar refractivity (Wildman–Crippen MR) is 423 cm³/mol. The molecule has 6 atom stereocenters. The summed E-state index contributed by atoms with van der Waals surface area (Å²) in [6.07, 6.45) is 26.6. The van der Waals surface area contributed by atoms with Crippen molar-refractivity contribution in [3.63, 3.8) is 0 Å². The zero-order chi connectivity index (χ0) is 73.8. The molecule has 0 saturated heterocycles. The van der Waals surface area contributed by atoms with Crippen LogP contribution < -0.4 is 39.1 Å². The Balaban J connectivity index is 1.91. The molecule has 2 amide bonds. The van der Waals surface area contributed by atoms with Crippen molar-refractivity contribution >= 4 is 35.3 Å². The Morgan fingerprint density at radius 3 is 0.760 bits per heavy atom. The molecular formula is C86H142N4O8S2. The number of rotatable bonds is 58. The van der Waals surface area contributed by atoms with E-state index in [1.165, 1.54) is 101 Å². The van der Waals surface area contributed by atoms with Gasteiger partial charge in [0.25, 0.3) is 11.8 Å². The maximum atomic E-state index is 14.4. The summed E-state index contributed by atoms with van der Waals surface area (Å²) in [5, 5.41) is 26.7. The maximum absolute atomic E-state index is 14.4. The number of nitrogens with one attached hydrogen (secondary N) is 2. The van der Waals surface area contributed by atoms with Gasteiger partial charge in [-0.05, 0) is 146 Å². The molecule has 3 rings (SSSR count). The van der Waals surface area contributed by atoms with Crippen molar-refractivity contribution in [3.05, 3.63) is 58.7 Å². The first-order valence-electron chi connectivity index (χ1n) is 39.7. The van der Waals surface area contributed by atoms with Gasteiger partial charge in [-0.25, -0.2) is 0 Å².